The lowest BCUT2D eigenvalue weighted by atomic mass is 9.82. The molecule has 146 valence electrons. The molecule has 2 aromatic rings. The molecule has 0 amide bonds. The van der Waals surface area contributed by atoms with Crippen LogP contribution in [0.2, 0.25) is 0 Å². The lowest BCUT2D eigenvalue weighted by Gasteiger charge is -2.24. The van der Waals surface area contributed by atoms with Gasteiger partial charge in [0.2, 0.25) is 0 Å². The summed E-state index contributed by atoms with van der Waals surface area (Å²) in [5.41, 5.74) is 13.9. The van der Waals surface area contributed by atoms with E-state index in [4.69, 9.17) is 20.9 Å². The number of aryl methyl sites for hydroxylation is 1. The summed E-state index contributed by atoms with van der Waals surface area (Å²) in [5, 5.41) is 0. The maximum absolute atomic E-state index is 12.8. The van der Waals surface area contributed by atoms with E-state index >= 15 is 0 Å². The molecule has 28 heavy (non-hydrogen) atoms. The molecule has 3 rings (SSSR count). The van der Waals surface area contributed by atoms with Crippen LogP contribution in [0.1, 0.15) is 47.2 Å². The number of rotatable bonds is 5. The molecule has 0 saturated carbocycles. The lowest BCUT2D eigenvalue weighted by Crippen LogP contribution is -2.23. The van der Waals surface area contributed by atoms with Crippen molar-refractivity contribution in [2.45, 2.75) is 32.1 Å². The highest BCUT2D eigenvalue weighted by atomic mass is 16.5. The first-order valence-electron chi connectivity index (χ1n) is 9.19. The van der Waals surface area contributed by atoms with Gasteiger partial charge in [0.15, 0.2) is 5.96 Å². The van der Waals surface area contributed by atoms with Crippen LogP contribution in [0.4, 0.5) is 5.69 Å². The molecule has 4 N–H and O–H groups in total. The zero-order valence-electron chi connectivity index (χ0n) is 15.7. The number of benzene rings is 2. The molecule has 1 atom stereocenters. The molecule has 7 heteroatoms. The number of guanidine groups is 1. The Balaban J connectivity index is 1.77. The van der Waals surface area contributed by atoms with Crippen LogP contribution < -0.4 is 16.2 Å². The summed E-state index contributed by atoms with van der Waals surface area (Å²) >= 11 is 0. The molecule has 0 aromatic heterocycles. The van der Waals surface area contributed by atoms with E-state index in [-0.39, 0.29) is 17.8 Å². The second-order valence-electron chi connectivity index (χ2n) is 6.53. The Bertz CT molecular complexity index is 902. The number of hydrogen-bond acceptors (Lipinski definition) is 5. The van der Waals surface area contributed by atoms with Gasteiger partial charge in [-0.2, -0.15) is 0 Å². The number of esters is 2. The predicted octanol–water partition coefficient (Wildman–Crippen LogP) is 2.79. The number of hydrogen-bond donors (Lipinski definition) is 2. The van der Waals surface area contributed by atoms with E-state index in [0.29, 0.717) is 30.0 Å². The number of carbonyl (C=O) groups is 2. The van der Waals surface area contributed by atoms with Crippen molar-refractivity contribution in [3.63, 3.8) is 0 Å². The number of fused-ring (bicyclic) bond motifs is 1. The van der Waals surface area contributed by atoms with Crippen molar-refractivity contribution in [3.8, 4) is 5.75 Å². The number of aliphatic imine (C=N–C) groups is 1. The minimum Gasteiger partial charge on any atom is -0.462 e. The molecule has 7 nitrogen and oxygen atoms in total. The predicted molar refractivity (Wildman–Crippen MR) is 106 cm³/mol. The molecule has 1 aliphatic rings. The zero-order chi connectivity index (χ0) is 20.1. The number of nitrogens with two attached hydrogens (primary N) is 2. The first kappa shape index (κ1) is 19.4. The van der Waals surface area contributed by atoms with Crippen molar-refractivity contribution in [3.05, 3.63) is 59.2 Å². The van der Waals surface area contributed by atoms with Crippen molar-refractivity contribution in [1.82, 2.24) is 0 Å². The van der Waals surface area contributed by atoms with E-state index in [1.54, 1.807) is 31.2 Å². The van der Waals surface area contributed by atoms with E-state index in [0.717, 1.165) is 24.0 Å². The van der Waals surface area contributed by atoms with Crippen LogP contribution >= 0.6 is 0 Å². The smallest absolute Gasteiger partial charge is 0.338 e. The maximum Gasteiger partial charge on any atom is 0.338 e. The summed E-state index contributed by atoms with van der Waals surface area (Å²) < 4.78 is 10.5. The van der Waals surface area contributed by atoms with Crippen LogP contribution in [-0.4, -0.2) is 24.5 Å². The van der Waals surface area contributed by atoms with Gasteiger partial charge < -0.3 is 20.9 Å². The topological polar surface area (TPSA) is 117 Å². The third-order valence-electron chi connectivity index (χ3n) is 4.57. The first-order valence-corrected chi connectivity index (χ1v) is 9.19. The molecule has 0 radical (unpaired) electrons. The fourth-order valence-corrected chi connectivity index (χ4v) is 3.31. The van der Waals surface area contributed by atoms with Gasteiger partial charge in [-0.3, -0.25) is 4.79 Å². The summed E-state index contributed by atoms with van der Waals surface area (Å²) in [7, 11) is 0. The Morgan fingerprint density at radius 2 is 1.89 bits per heavy atom. The number of carbonyl (C=O) groups excluding carboxylic acids is 2. The summed E-state index contributed by atoms with van der Waals surface area (Å²) in [6.45, 7) is 2.05. The van der Waals surface area contributed by atoms with E-state index in [1.165, 1.54) is 0 Å². The summed E-state index contributed by atoms with van der Waals surface area (Å²) in [5.74, 6) is -0.787. The average Bonchev–Trinajstić information content (AvgIpc) is 2.67. The summed E-state index contributed by atoms with van der Waals surface area (Å²) in [6, 6.07) is 11.9. The standard InChI is InChI=1S/C21H23N3O4/c1-2-27-19(25)14-7-10-16(11-8-14)28-20(26)17-5-3-4-13-6-9-15(12-18(13)17)24-21(22)23/h6-12,17H,2-5H2,1H3,(H4,22,23,24). The van der Waals surface area contributed by atoms with E-state index in [2.05, 4.69) is 4.99 Å². The first-order chi connectivity index (χ1) is 13.5. The summed E-state index contributed by atoms with van der Waals surface area (Å²) in [6.07, 6.45) is 2.49. The van der Waals surface area contributed by atoms with Gasteiger partial charge in [0.25, 0.3) is 0 Å². The molecule has 1 aliphatic carbocycles. The minimum atomic E-state index is -0.408. The molecule has 2 aromatic carbocycles. The Kier molecular flexibility index (Phi) is 5.93. The molecule has 0 spiro atoms. The molecular weight excluding hydrogens is 358 g/mol. The van der Waals surface area contributed by atoms with Crippen molar-refractivity contribution in [2.75, 3.05) is 6.61 Å². The number of ether oxygens (including phenoxy) is 2. The number of nitrogens with zero attached hydrogens (tertiary/aromatic N) is 1. The SMILES string of the molecule is CCOC(=O)c1ccc(OC(=O)C2CCCc3ccc(N=C(N)N)cc32)cc1. The zero-order valence-corrected chi connectivity index (χ0v) is 15.7. The molecular formula is C21H23N3O4. The van der Waals surface area contributed by atoms with Crippen LogP contribution in [0.5, 0.6) is 5.75 Å². The van der Waals surface area contributed by atoms with E-state index in [1.807, 2.05) is 18.2 Å². The lowest BCUT2D eigenvalue weighted by molar-refractivity contribution is -0.136. The Labute approximate surface area is 163 Å². The highest BCUT2D eigenvalue weighted by Gasteiger charge is 2.28. The van der Waals surface area contributed by atoms with Gasteiger partial charge in [-0.25, -0.2) is 9.79 Å². The highest BCUT2D eigenvalue weighted by Crippen LogP contribution is 2.35. The Hall–Kier alpha value is -3.35. The molecule has 0 heterocycles. The van der Waals surface area contributed by atoms with Crippen LogP contribution in [0.15, 0.2) is 47.5 Å². The Morgan fingerprint density at radius 1 is 1.14 bits per heavy atom. The molecule has 0 aliphatic heterocycles. The van der Waals surface area contributed by atoms with Crippen LogP contribution in [0, 0.1) is 0 Å². The Morgan fingerprint density at radius 3 is 2.57 bits per heavy atom. The molecule has 0 saturated heterocycles. The maximum atomic E-state index is 12.8. The van der Waals surface area contributed by atoms with E-state index in [9.17, 15) is 9.59 Å². The van der Waals surface area contributed by atoms with Crippen LogP contribution in [-0.2, 0) is 16.0 Å². The van der Waals surface area contributed by atoms with E-state index < -0.39 is 5.97 Å². The molecule has 0 fully saturated rings. The van der Waals surface area contributed by atoms with Gasteiger partial charge in [0.05, 0.1) is 23.8 Å². The van der Waals surface area contributed by atoms with Gasteiger partial charge in [-0.15, -0.1) is 0 Å². The quantitative estimate of drug-likeness (QED) is 0.356. The van der Waals surface area contributed by atoms with Gasteiger partial charge >= 0.3 is 11.9 Å². The minimum absolute atomic E-state index is 0.0309. The van der Waals surface area contributed by atoms with Crippen LogP contribution in [0.3, 0.4) is 0 Å². The monoisotopic (exact) mass is 381 g/mol. The highest BCUT2D eigenvalue weighted by molar-refractivity contribution is 5.89. The largest absolute Gasteiger partial charge is 0.462 e. The fraction of sp³-hybridized carbons (Fsp3) is 0.286. The van der Waals surface area contributed by atoms with Crippen molar-refractivity contribution < 1.29 is 19.1 Å². The van der Waals surface area contributed by atoms with Crippen LogP contribution in [0.25, 0.3) is 0 Å². The fourth-order valence-electron chi connectivity index (χ4n) is 3.31. The van der Waals surface area contributed by atoms with Gasteiger partial charge in [-0.1, -0.05) is 6.07 Å². The molecule has 1 unspecified atom stereocenters. The van der Waals surface area contributed by atoms with Gasteiger partial charge in [0.1, 0.15) is 5.75 Å². The van der Waals surface area contributed by atoms with Crippen molar-refractivity contribution in [2.24, 2.45) is 16.5 Å². The average molecular weight is 381 g/mol. The van der Waals surface area contributed by atoms with Gasteiger partial charge in [-0.05, 0) is 73.7 Å². The second kappa shape index (κ2) is 8.56. The van der Waals surface area contributed by atoms with Crippen molar-refractivity contribution in [1.29, 1.82) is 0 Å². The summed E-state index contributed by atoms with van der Waals surface area (Å²) in [4.78, 5) is 28.6. The molecule has 0 bridgehead atoms. The van der Waals surface area contributed by atoms with Crippen molar-refractivity contribution >= 4 is 23.6 Å². The normalized spacial score (nSPS) is 15.2. The second-order valence-corrected chi connectivity index (χ2v) is 6.53. The van der Waals surface area contributed by atoms with Gasteiger partial charge in [0, 0.05) is 0 Å². The third-order valence-corrected chi connectivity index (χ3v) is 4.57. The third kappa shape index (κ3) is 4.49.